The molecule has 0 saturated carbocycles. The summed E-state index contributed by atoms with van der Waals surface area (Å²) in [6, 6.07) is 14.4. The van der Waals surface area contributed by atoms with E-state index in [2.05, 4.69) is 6.92 Å². The lowest BCUT2D eigenvalue weighted by atomic mass is 9.62. The Bertz CT molecular complexity index is 623. The molecule has 0 aliphatic rings. The molecule has 0 aliphatic heterocycles. The molecule has 0 amide bonds. The van der Waals surface area contributed by atoms with Crippen LogP contribution in [0.15, 0.2) is 48.5 Å². The summed E-state index contributed by atoms with van der Waals surface area (Å²) in [7, 11) is 0. The molecule has 1 atom stereocenters. The predicted octanol–water partition coefficient (Wildman–Crippen LogP) is 3.57. The van der Waals surface area contributed by atoms with E-state index in [0.717, 1.165) is 17.5 Å². The Morgan fingerprint density at radius 2 is 1.28 bits per heavy atom. The van der Waals surface area contributed by atoms with Crippen LogP contribution in [0.3, 0.4) is 0 Å². The average molecular weight is 344 g/mol. The van der Waals surface area contributed by atoms with Crippen LogP contribution >= 0.6 is 0 Å². The molecule has 4 N–H and O–H groups in total. The number of phenols is 2. The van der Waals surface area contributed by atoms with Gasteiger partial charge in [0, 0.05) is 29.8 Å². The summed E-state index contributed by atoms with van der Waals surface area (Å²) in [5.41, 5.74) is 0.847. The quantitative estimate of drug-likeness (QED) is 0.561. The summed E-state index contributed by atoms with van der Waals surface area (Å²) in [6.07, 6.45) is 2.52. The number of aliphatic hydroxyl groups is 2. The van der Waals surface area contributed by atoms with Crippen molar-refractivity contribution >= 4 is 0 Å². The number of benzene rings is 2. The lowest BCUT2D eigenvalue weighted by Crippen LogP contribution is -2.36. The highest BCUT2D eigenvalue weighted by atomic mass is 16.3. The van der Waals surface area contributed by atoms with E-state index in [9.17, 15) is 20.4 Å². The third-order valence-corrected chi connectivity index (χ3v) is 5.14. The maximum Gasteiger partial charge on any atom is 0.119 e. The second-order valence-electron chi connectivity index (χ2n) is 6.60. The van der Waals surface area contributed by atoms with E-state index < -0.39 is 5.41 Å². The van der Waals surface area contributed by atoms with Crippen LogP contribution in [0, 0.1) is 5.92 Å². The molecule has 2 rings (SSSR count). The molecule has 4 heteroatoms. The number of phenolic OH excluding ortho intramolecular Hbond substituents is 2. The average Bonchev–Trinajstić information content (AvgIpc) is 2.62. The highest BCUT2D eigenvalue weighted by molar-refractivity contribution is 5.51. The topological polar surface area (TPSA) is 80.9 Å². The smallest absolute Gasteiger partial charge is 0.119 e. The highest BCUT2D eigenvalue weighted by Crippen LogP contribution is 2.50. The maximum atomic E-state index is 10.6. The Balaban J connectivity index is 2.69. The van der Waals surface area contributed by atoms with Gasteiger partial charge in [0.25, 0.3) is 0 Å². The minimum Gasteiger partial charge on any atom is -0.508 e. The Kier molecular flexibility index (Phi) is 6.85. The lowest BCUT2D eigenvalue weighted by Gasteiger charge is -2.41. The molecule has 136 valence electrons. The number of hydrogen-bond acceptors (Lipinski definition) is 4. The van der Waals surface area contributed by atoms with E-state index in [1.165, 1.54) is 0 Å². The maximum absolute atomic E-state index is 10.6. The fourth-order valence-electron chi connectivity index (χ4n) is 3.90. The number of hydrogen-bond donors (Lipinski definition) is 4. The summed E-state index contributed by atoms with van der Waals surface area (Å²) in [4.78, 5) is 0. The van der Waals surface area contributed by atoms with E-state index in [0.29, 0.717) is 19.3 Å². The van der Waals surface area contributed by atoms with Gasteiger partial charge in [-0.2, -0.15) is 0 Å². The van der Waals surface area contributed by atoms with Gasteiger partial charge in [-0.3, -0.25) is 0 Å². The summed E-state index contributed by atoms with van der Waals surface area (Å²) in [5.74, 6) is 0.409. The molecule has 2 aromatic carbocycles. The van der Waals surface area contributed by atoms with Crippen LogP contribution in [0.4, 0.5) is 0 Å². The summed E-state index contributed by atoms with van der Waals surface area (Å²) in [6.45, 7) is 2.21. The van der Waals surface area contributed by atoms with E-state index in [1.807, 2.05) is 24.3 Å². The second-order valence-corrected chi connectivity index (χ2v) is 6.60. The fourth-order valence-corrected chi connectivity index (χ4v) is 3.90. The first kappa shape index (κ1) is 19.3. The van der Waals surface area contributed by atoms with Gasteiger partial charge in [0.05, 0.1) is 0 Å². The normalized spacial score (nSPS) is 12.9. The van der Waals surface area contributed by atoms with Gasteiger partial charge in [0.15, 0.2) is 0 Å². The van der Waals surface area contributed by atoms with Crippen molar-refractivity contribution < 1.29 is 20.4 Å². The van der Waals surface area contributed by atoms with Crippen molar-refractivity contribution in [3.8, 4) is 11.5 Å². The molecule has 0 aliphatic carbocycles. The van der Waals surface area contributed by atoms with Gasteiger partial charge in [0.2, 0.25) is 0 Å². The summed E-state index contributed by atoms with van der Waals surface area (Å²) >= 11 is 0. The molecule has 0 saturated heterocycles. The number of rotatable bonds is 9. The standard InChI is InChI=1S/C21H28O4/c1-16(8-6-14-22)21(13-7-15-23,17-9-2-4-11-19(17)24)18-10-3-5-12-20(18)25/h2-5,9-12,16,22-25H,6-8,13-15H2,1H3. The molecule has 4 nitrogen and oxygen atoms in total. The predicted molar refractivity (Wildman–Crippen MR) is 98.8 cm³/mol. The lowest BCUT2D eigenvalue weighted by molar-refractivity contribution is 0.215. The Morgan fingerprint density at radius 3 is 1.72 bits per heavy atom. The van der Waals surface area contributed by atoms with Crippen LogP contribution in [-0.4, -0.2) is 33.6 Å². The van der Waals surface area contributed by atoms with Crippen molar-refractivity contribution in [3.05, 3.63) is 59.7 Å². The van der Waals surface area contributed by atoms with Crippen LogP contribution in [0.1, 0.15) is 43.7 Å². The monoisotopic (exact) mass is 344 g/mol. The van der Waals surface area contributed by atoms with E-state index in [-0.39, 0.29) is 30.6 Å². The molecule has 0 fully saturated rings. The van der Waals surface area contributed by atoms with Crippen molar-refractivity contribution in [2.24, 2.45) is 5.92 Å². The molecule has 0 aromatic heterocycles. The molecular weight excluding hydrogens is 316 g/mol. The van der Waals surface area contributed by atoms with Crippen molar-refractivity contribution in [3.63, 3.8) is 0 Å². The highest BCUT2D eigenvalue weighted by Gasteiger charge is 2.42. The summed E-state index contributed by atoms with van der Waals surface area (Å²) in [5, 5.41) is 39.9. The Morgan fingerprint density at radius 1 is 0.800 bits per heavy atom. The van der Waals surface area contributed by atoms with Gasteiger partial charge in [-0.15, -0.1) is 0 Å². The van der Waals surface area contributed by atoms with Crippen molar-refractivity contribution in [2.75, 3.05) is 13.2 Å². The van der Waals surface area contributed by atoms with Gasteiger partial charge in [0.1, 0.15) is 11.5 Å². The van der Waals surface area contributed by atoms with Crippen LogP contribution in [0.5, 0.6) is 11.5 Å². The molecule has 0 bridgehead atoms. The van der Waals surface area contributed by atoms with E-state index >= 15 is 0 Å². The van der Waals surface area contributed by atoms with Gasteiger partial charge in [-0.05, 0) is 43.7 Å². The first-order chi connectivity index (χ1) is 12.1. The minimum atomic E-state index is -0.644. The molecule has 0 spiro atoms. The molecule has 2 aromatic rings. The number of aliphatic hydroxyl groups excluding tert-OH is 2. The molecule has 25 heavy (non-hydrogen) atoms. The minimum absolute atomic E-state index is 0.0374. The summed E-state index contributed by atoms with van der Waals surface area (Å²) < 4.78 is 0. The van der Waals surface area contributed by atoms with Crippen LogP contribution in [0.2, 0.25) is 0 Å². The Hall–Kier alpha value is -2.04. The zero-order valence-electron chi connectivity index (χ0n) is 14.7. The van der Waals surface area contributed by atoms with Gasteiger partial charge < -0.3 is 20.4 Å². The third-order valence-electron chi connectivity index (χ3n) is 5.14. The number of para-hydroxylation sites is 2. The second kappa shape index (κ2) is 8.88. The number of aromatic hydroxyl groups is 2. The van der Waals surface area contributed by atoms with Crippen molar-refractivity contribution in [2.45, 2.75) is 38.0 Å². The zero-order chi connectivity index (χ0) is 18.3. The fraction of sp³-hybridized carbons (Fsp3) is 0.429. The SMILES string of the molecule is CC(CCCO)C(CCCO)(c1ccccc1O)c1ccccc1O. The van der Waals surface area contributed by atoms with E-state index in [1.54, 1.807) is 24.3 Å². The molecule has 0 heterocycles. The van der Waals surface area contributed by atoms with Gasteiger partial charge in [-0.25, -0.2) is 0 Å². The van der Waals surface area contributed by atoms with Crippen LogP contribution in [0.25, 0.3) is 0 Å². The zero-order valence-corrected chi connectivity index (χ0v) is 14.7. The molecular formula is C21H28O4. The van der Waals surface area contributed by atoms with Crippen molar-refractivity contribution in [1.82, 2.24) is 0 Å². The molecule has 1 unspecified atom stereocenters. The van der Waals surface area contributed by atoms with Gasteiger partial charge >= 0.3 is 0 Å². The first-order valence-corrected chi connectivity index (χ1v) is 8.86. The third kappa shape index (κ3) is 3.97. The van der Waals surface area contributed by atoms with Crippen LogP contribution < -0.4 is 0 Å². The first-order valence-electron chi connectivity index (χ1n) is 8.86. The molecule has 0 radical (unpaired) electrons. The van der Waals surface area contributed by atoms with Crippen molar-refractivity contribution in [1.29, 1.82) is 0 Å². The largest absolute Gasteiger partial charge is 0.508 e. The Labute approximate surface area is 149 Å². The van der Waals surface area contributed by atoms with E-state index in [4.69, 9.17) is 0 Å². The van der Waals surface area contributed by atoms with Crippen LogP contribution in [-0.2, 0) is 5.41 Å². The van der Waals surface area contributed by atoms with Gasteiger partial charge in [-0.1, -0.05) is 43.3 Å².